The first-order valence-corrected chi connectivity index (χ1v) is 4.47. The van der Waals surface area contributed by atoms with Crippen LogP contribution in [-0.4, -0.2) is 10.7 Å². The Bertz CT molecular complexity index is 215. The first-order valence-electron chi connectivity index (χ1n) is 3.05. The van der Waals surface area contributed by atoms with Crippen molar-refractivity contribution in [2.45, 2.75) is 6.42 Å². The van der Waals surface area contributed by atoms with E-state index in [4.69, 9.17) is 0 Å². The molecule has 54 valence electrons. The molecule has 0 fully saturated rings. The summed E-state index contributed by atoms with van der Waals surface area (Å²) in [6, 6.07) is 3.98. The summed E-state index contributed by atoms with van der Waals surface area (Å²) in [6.45, 7) is 0. The smallest absolute Gasteiger partial charge is 0.109 e. The fourth-order valence-electron chi connectivity index (χ4n) is 0.726. The van der Waals surface area contributed by atoms with Crippen LogP contribution in [-0.2, 0) is 6.42 Å². The second-order valence-electron chi connectivity index (χ2n) is 1.93. The van der Waals surface area contributed by atoms with E-state index in [1.54, 1.807) is 6.20 Å². The Morgan fingerprint density at radius 1 is 1.60 bits per heavy atom. The van der Waals surface area contributed by atoms with Crippen molar-refractivity contribution in [2.24, 2.45) is 0 Å². The number of rotatable bonds is 2. The van der Waals surface area contributed by atoms with Crippen LogP contribution < -0.4 is 0 Å². The molecule has 0 aliphatic heterocycles. The lowest BCUT2D eigenvalue weighted by Crippen LogP contribution is -1.88. The molecule has 1 aromatic rings. The molecule has 0 spiro atoms. The van der Waals surface area contributed by atoms with Crippen LogP contribution in [0.5, 0.6) is 0 Å². The summed E-state index contributed by atoms with van der Waals surface area (Å²) in [5.74, 6) is 0.865. The minimum atomic E-state index is 0.865. The maximum Gasteiger partial charge on any atom is 0.109 e. The van der Waals surface area contributed by atoms with Crippen LogP contribution in [0.25, 0.3) is 0 Å². The molecule has 10 heavy (non-hydrogen) atoms. The molecular weight excluding hydrogens is 210 g/mol. The van der Waals surface area contributed by atoms with Crippen molar-refractivity contribution in [1.29, 1.82) is 0 Å². The van der Waals surface area contributed by atoms with Crippen LogP contribution in [0.15, 0.2) is 22.9 Å². The van der Waals surface area contributed by atoms with Crippen molar-refractivity contribution in [3.05, 3.63) is 28.5 Å². The summed E-state index contributed by atoms with van der Waals surface area (Å²) in [7, 11) is 0. The molecule has 0 unspecified atom stereocenters. The van der Waals surface area contributed by atoms with Crippen molar-refractivity contribution in [2.75, 3.05) is 5.75 Å². The summed E-state index contributed by atoms with van der Waals surface area (Å²) in [4.78, 5) is 4.08. The first-order chi connectivity index (χ1) is 4.84. The highest BCUT2D eigenvalue weighted by molar-refractivity contribution is 9.10. The minimum Gasteiger partial charge on any atom is -0.249 e. The van der Waals surface area contributed by atoms with Gasteiger partial charge in [-0.1, -0.05) is 6.07 Å². The number of halogens is 1. The summed E-state index contributed by atoms with van der Waals surface area (Å²) < 4.78 is 0.934. The molecule has 0 saturated heterocycles. The van der Waals surface area contributed by atoms with E-state index in [9.17, 15) is 0 Å². The van der Waals surface area contributed by atoms with Crippen LogP contribution in [0.1, 0.15) is 5.56 Å². The second-order valence-corrected chi connectivity index (χ2v) is 3.13. The molecule has 0 bridgehead atoms. The van der Waals surface area contributed by atoms with Crippen molar-refractivity contribution in [3.63, 3.8) is 0 Å². The predicted octanol–water partition coefficient (Wildman–Crippen LogP) is 2.32. The molecular formula is C7H8BrNS. The van der Waals surface area contributed by atoms with Gasteiger partial charge in [0, 0.05) is 6.20 Å². The molecule has 3 heteroatoms. The lowest BCUT2D eigenvalue weighted by atomic mass is 10.2. The molecule has 0 radical (unpaired) electrons. The maximum atomic E-state index is 4.13. The first kappa shape index (κ1) is 8.08. The normalized spacial score (nSPS) is 9.80. The van der Waals surface area contributed by atoms with E-state index < -0.39 is 0 Å². The Kier molecular flexibility index (Phi) is 3.22. The number of pyridine rings is 1. The van der Waals surface area contributed by atoms with Gasteiger partial charge in [0.2, 0.25) is 0 Å². The van der Waals surface area contributed by atoms with Crippen molar-refractivity contribution in [1.82, 2.24) is 4.98 Å². The summed E-state index contributed by atoms with van der Waals surface area (Å²) in [6.07, 6.45) is 2.74. The molecule has 1 nitrogen and oxygen atoms in total. The fourth-order valence-corrected chi connectivity index (χ4v) is 1.42. The highest BCUT2D eigenvalue weighted by atomic mass is 79.9. The monoisotopic (exact) mass is 217 g/mol. The largest absolute Gasteiger partial charge is 0.249 e. The Balaban J connectivity index is 2.81. The number of nitrogens with zero attached hydrogens (tertiary/aromatic N) is 1. The Labute approximate surface area is 74.4 Å². The molecule has 0 saturated carbocycles. The van der Waals surface area contributed by atoms with Gasteiger partial charge < -0.3 is 0 Å². The number of hydrogen-bond acceptors (Lipinski definition) is 2. The van der Waals surface area contributed by atoms with Crippen LogP contribution in [0, 0.1) is 0 Å². The average molecular weight is 218 g/mol. The van der Waals surface area contributed by atoms with Gasteiger partial charge in [0.15, 0.2) is 0 Å². The standard InChI is InChI=1S/C7H8BrNS/c8-7-6(3-5-10)2-1-4-9-7/h1-2,4,10H,3,5H2. The highest BCUT2D eigenvalue weighted by Gasteiger charge is 1.95. The molecule has 1 aromatic heterocycles. The fraction of sp³-hybridized carbons (Fsp3) is 0.286. The maximum absolute atomic E-state index is 4.13. The second kappa shape index (κ2) is 3.98. The predicted molar refractivity (Wildman–Crippen MR) is 49.5 cm³/mol. The van der Waals surface area contributed by atoms with Gasteiger partial charge in [0.25, 0.3) is 0 Å². The van der Waals surface area contributed by atoms with Gasteiger partial charge in [0.05, 0.1) is 0 Å². The summed E-state index contributed by atoms with van der Waals surface area (Å²) >= 11 is 7.48. The van der Waals surface area contributed by atoms with E-state index in [0.717, 1.165) is 16.8 Å². The highest BCUT2D eigenvalue weighted by Crippen LogP contribution is 2.12. The Hall–Kier alpha value is -0.0200. The van der Waals surface area contributed by atoms with Gasteiger partial charge in [-0.05, 0) is 39.7 Å². The van der Waals surface area contributed by atoms with Crippen LogP contribution in [0.3, 0.4) is 0 Å². The number of aryl methyl sites for hydroxylation is 1. The van der Waals surface area contributed by atoms with Crippen molar-refractivity contribution < 1.29 is 0 Å². The third kappa shape index (κ3) is 1.99. The summed E-state index contributed by atoms with van der Waals surface area (Å²) in [5.41, 5.74) is 1.22. The minimum absolute atomic E-state index is 0.865. The Morgan fingerprint density at radius 3 is 3.00 bits per heavy atom. The third-order valence-corrected chi connectivity index (χ3v) is 2.16. The third-order valence-electron chi connectivity index (χ3n) is 1.22. The molecule has 0 aromatic carbocycles. The van der Waals surface area contributed by atoms with Crippen molar-refractivity contribution in [3.8, 4) is 0 Å². The van der Waals surface area contributed by atoms with Gasteiger partial charge >= 0.3 is 0 Å². The zero-order valence-electron chi connectivity index (χ0n) is 5.42. The van der Waals surface area contributed by atoms with Gasteiger partial charge in [-0.2, -0.15) is 12.6 Å². The quantitative estimate of drug-likeness (QED) is 0.593. The van der Waals surface area contributed by atoms with Crippen LogP contribution >= 0.6 is 28.6 Å². The topological polar surface area (TPSA) is 12.9 Å². The van der Waals surface area contributed by atoms with Crippen LogP contribution in [0.2, 0.25) is 0 Å². The molecule has 1 rings (SSSR count). The molecule has 0 aliphatic rings. The molecule has 0 atom stereocenters. The zero-order chi connectivity index (χ0) is 7.40. The van der Waals surface area contributed by atoms with Crippen molar-refractivity contribution >= 4 is 28.6 Å². The van der Waals surface area contributed by atoms with Gasteiger partial charge in [0.1, 0.15) is 4.60 Å². The van der Waals surface area contributed by atoms with Gasteiger partial charge in [-0.15, -0.1) is 0 Å². The molecule has 1 heterocycles. The van der Waals surface area contributed by atoms with E-state index in [1.807, 2.05) is 12.1 Å². The number of hydrogen-bond donors (Lipinski definition) is 1. The molecule has 0 aliphatic carbocycles. The number of aromatic nitrogens is 1. The lowest BCUT2D eigenvalue weighted by Gasteiger charge is -1.98. The van der Waals surface area contributed by atoms with E-state index >= 15 is 0 Å². The van der Waals surface area contributed by atoms with E-state index in [-0.39, 0.29) is 0 Å². The average Bonchev–Trinajstić information content (AvgIpc) is 1.94. The molecule has 0 amide bonds. The van der Waals surface area contributed by atoms with Crippen LogP contribution in [0.4, 0.5) is 0 Å². The molecule has 0 N–H and O–H groups in total. The van der Waals surface area contributed by atoms with E-state index in [1.165, 1.54) is 5.56 Å². The van der Waals surface area contributed by atoms with Gasteiger partial charge in [-0.3, -0.25) is 0 Å². The number of thiol groups is 1. The SMILES string of the molecule is SCCc1cccnc1Br. The van der Waals surface area contributed by atoms with Gasteiger partial charge in [-0.25, -0.2) is 4.98 Å². The zero-order valence-corrected chi connectivity index (χ0v) is 7.90. The van der Waals surface area contributed by atoms with E-state index in [0.29, 0.717) is 0 Å². The lowest BCUT2D eigenvalue weighted by molar-refractivity contribution is 1.09. The Morgan fingerprint density at radius 2 is 2.40 bits per heavy atom. The summed E-state index contributed by atoms with van der Waals surface area (Å²) in [5, 5.41) is 0. The van der Waals surface area contributed by atoms with E-state index in [2.05, 4.69) is 33.5 Å².